The summed E-state index contributed by atoms with van der Waals surface area (Å²) in [6.07, 6.45) is 5.71. The summed E-state index contributed by atoms with van der Waals surface area (Å²) >= 11 is 1.50. The summed E-state index contributed by atoms with van der Waals surface area (Å²) in [6.45, 7) is 1.24. The van der Waals surface area contributed by atoms with Crippen molar-refractivity contribution >= 4 is 17.2 Å². The average molecular weight is 389 g/mol. The van der Waals surface area contributed by atoms with E-state index in [2.05, 4.69) is 32.5 Å². The number of thiazole rings is 1. The number of rotatable bonds is 7. The van der Waals surface area contributed by atoms with E-state index in [1.807, 2.05) is 52.7 Å². The maximum absolute atomic E-state index is 12.2. The Kier molecular flexibility index (Phi) is 5.53. The first-order valence-corrected chi connectivity index (χ1v) is 9.82. The molecule has 0 spiro atoms. The summed E-state index contributed by atoms with van der Waals surface area (Å²) in [5.74, 6) is -0.0431. The molecule has 0 aliphatic rings. The van der Waals surface area contributed by atoms with Crippen LogP contribution in [-0.2, 0) is 24.3 Å². The van der Waals surface area contributed by atoms with Crippen LogP contribution in [0.1, 0.15) is 16.8 Å². The minimum Gasteiger partial charge on any atom is -0.352 e. The monoisotopic (exact) mass is 389 g/mol. The van der Waals surface area contributed by atoms with Gasteiger partial charge in [-0.15, -0.1) is 11.3 Å². The fourth-order valence-corrected chi connectivity index (χ4v) is 3.56. The number of nitrogens with one attached hydrogen (secondary N) is 1. The van der Waals surface area contributed by atoms with E-state index >= 15 is 0 Å². The Morgan fingerprint density at radius 2 is 1.89 bits per heavy atom. The molecule has 140 valence electrons. The van der Waals surface area contributed by atoms with Gasteiger partial charge in [0.2, 0.25) is 5.91 Å². The maximum Gasteiger partial charge on any atom is 0.226 e. The number of hydrogen-bond donors (Lipinski definition) is 1. The first kappa shape index (κ1) is 18.1. The van der Waals surface area contributed by atoms with Gasteiger partial charge in [-0.25, -0.2) is 4.98 Å². The van der Waals surface area contributed by atoms with Crippen molar-refractivity contribution in [3.8, 4) is 10.7 Å². The number of carbonyl (C=O) groups excluding carboxylic acids is 1. The van der Waals surface area contributed by atoms with Gasteiger partial charge in [-0.2, -0.15) is 5.10 Å². The van der Waals surface area contributed by atoms with Crippen molar-refractivity contribution in [2.24, 2.45) is 0 Å². The molecule has 0 saturated heterocycles. The van der Waals surface area contributed by atoms with Crippen molar-refractivity contribution in [1.29, 1.82) is 0 Å². The smallest absolute Gasteiger partial charge is 0.226 e. The van der Waals surface area contributed by atoms with Crippen LogP contribution < -0.4 is 5.32 Å². The average Bonchev–Trinajstić information content (AvgIpc) is 3.40. The van der Waals surface area contributed by atoms with Gasteiger partial charge in [-0.3, -0.25) is 14.5 Å². The van der Waals surface area contributed by atoms with E-state index in [1.54, 1.807) is 12.4 Å². The molecule has 1 N–H and O–H groups in total. The summed E-state index contributed by atoms with van der Waals surface area (Å²) in [7, 11) is 0. The molecule has 0 bridgehead atoms. The quantitative estimate of drug-likeness (QED) is 0.526. The first-order valence-electron chi connectivity index (χ1n) is 8.94. The van der Waals surface area contributed by atoms with Crippen LogP contribution in [0.4, 0.5) is 0 Å². The van der Waals surface area contributed by atoms with Gasteiger partial charge < -0.3 is 5.32 Å². The highest BCUT2D eigenvalue weighted by atomic mass is 32.1. The van der Waals surface area contributed by atoms with Crippen LogP contribution in [0.5, 0.6) is 0 Å². The minimum atomic E-state index is -0.0431. The predicted octanol–water partition coefficient (Wildman–Crippen LogP) is 3.31. The number of hydrogen-bond acceptors (Lipinski definition) is 5. The largest absolute Gasteiger partial charge is 0.352 e. The highest BCUT2D eigenvalue weighted by Gasteiger charge is 2.09. The zero-order valence-corrected chi connectivity index (χ0v) is 16.0. The highest BCUT2D eigenvalue weighted by Crippen LogP contribution is 2.21. The molecule has 4 aromatic rings. The molecule has 1 aromatic carbocycles. The van der Waals surface area contributed by atoms with E-state index in [9.17, 15) is 4.79 Å². The zero-order chi connectivity index (χ0) is 19.2. The zero-order valence-electron chi connectivity index (χ0n) is 15.2. The highest BCUT2D eigenvalue weighted by molar-refractivity contribution is 7.13. The Balaban J connectivity index is 1.28. The van der Waals surface area contributed by atoms with Gasteiger partial charge in [0.05, 0.1) is 24.4 Å². The van der Waals surface area contributed by atoms with Crippen LogP contribution in [0.3, 0.4) is 0 Å². The Hall–Kier alpha value is -3.32. The lowest BCUT2D eigenvalue weighted by molar-refractivity contribution is -0.120. The Labute approximate surface area is 166 Å². The van der Waals surface area contributed by atoms with Gasteiger partial charge in [0.15, 0.2) is 0 Å². The van der Waals surface area contributed by atoms with Crippen LogP contribution in [0.25, 0.3) is 10.7 Å². The molecule has 0 aliphatic heterocycles. The summed E-state index contributed by atoms with van der Waals surface area (Å²) in [5.41, 5.74) is 3.82. The van der Waals surface area contributed by atoms with Gasteiger partial charge >= 0.3 is 0 Å². The summed E-state index contributed by atoms with van der Waals surface area (Å²) in [4.78, 5) is 21.0. The Bertz CT molecular complexity index is 1030. The number of aromatic nitrogens is 4. The number of pyridine rings is 1. The number of amides is 1. The fourth-order valence-electron chi connectivity index (χ4n) is 2.77. The molecule has 0 fully saturated rings. The molecular formula is C21H19N5OS. The third kappa shape index (κ3) is 4.69. The van der Waals surface area contributed by atoms with E-state index < -0.39 is 0 Å². The van der Waals surface area contributed by atoms with Crippen molar-refractivity contribution in [3.05, 3.63) is 89.3 Å². The predicted molar refractivity (Wildman–Crippen MR) is 109 cm³/mol. The van der Waals surface area contributed by atoms with Crippen molar-refractivity contribution in [2.75, 3.05) is 0 Å². The van der Waals surface area contributed by atoms with Crippen LogP contribution in [-0.4, -0.2) is 25.7 Å². The van der Waals surface area contributed by atoms with Crippen LogP contribution >= 0.6 is 11.3 Å². The topological polar surface area (TPSA) is 72.7 Å². The molecule has 1 amide bonds. The lowest BCUT2D eigenvalue weighted by Gasteiger charge is -2.06. The van der Waals surface area contributed by atoms with Gasteiger partial charge in [0, 0.05) is 30.5 Å². The maximum atomic E-state index is 12.2. The summed E-state index contributed by atoms with van der Waals surface area (Å²) in [5, 5.41) is 9.90. The Morgan fingerprint density at radius 3 is 2.64 bits per heavy atom. The third-order valence-corrected chi connectivity index (χ3v) is 5.11. The molecule has 0 radical (unpaired) electrons. The molecule has 0 unspecified atom stereocenters. The third-order valence-electron chi connectivity index (χ3n) is 4.19. The van der Waals surface area contributed by atoms with Crippen molar-refractivity contribution < 1.29 is 4.79 Å². The lowest BCUT2D eigenvalue weighted by atomic mass is 10.1. The van der Waals surface area contributed by atoms with Gasteiger partial charge in [0.1, 0.15) is 5.01 Å². The molecule has 0 atom stereocenters. The molecule has 6 nitrogen and oxygen atoms in total. The second kappa shape index (κ2) is 8.58. The van der Waals surface area contributed by atoms with Gasteiger partial charge in [-0.05, 0) is 29.3 Å². The van der Waals surface area contributed by atoms with E-state index in [4.69, 9.17) is 0 Å². The Morgan fingerprint density at radius 1 is 1.04 bits per heavy atom. The molecule has 0 saturated carbocycles. The molecule has 7 heteroatoms. The number of benzene rings is 1. The van der Waals surface area contributed by atoms with Crippen LogP contribution in [0.15, 0.2) is 72.5 Å². The van der Waals surface area contributed by atoms with E-state index in [-0.39, 0.29) is 12.3 Å². The molecule has 28 heavy (non-hydrogen) atoms. The molecule has 0 aliphatic carbocycles. The molecule has 3 aromatic heterocycles. The number of carbonyl (C=O) groups is 1. The SMILES string of the molecule is O=C(Cc1csc(-c2ccccn2)n1)NCc1ccc(Cn2cccn2)cc1. The minimum absolute atomic E-state index is 0.0431. The summed E-state index contributed by atoms with van der Waals surface area (Å²) in [6, 6.07) is 15.8. The van der Waals surface area contributed by atoms with Crippen molar-refractivity contribution in [2.45, 2.75) is 19.5 Å². The standard InChI is InChI=1S/C21H19N5OS/c27-20(12-18-15-28-21(25-18)19-4-1-2-9-22-19)23-13-16-5-7-17(8-6-16)14-26-11-3-10-24-26/h1-11,15H,12-14H2,(H,23,27). The fraction of sp³-hybridized carbons (Fsp3) is 0.143. The van der Waals surface area contributed by atoms with Crippen molar-refractivity contribution in [3.63, 3.8) is 0 Å². The normalized spacial score (nSPS) is 10.7. The van der Waals surface area contributed by atoms with E-state index in [1.165, 1.54) is 16.9 Å². The first-order chi connectivity index (χ1) is 13.8. The molecule has 3 heterocycles. The number of nitrogens with zero attached hydrogens (tertiary/aromatic N) is 4. The van der Waals surface area contributed by atoms with E-state index in [0.29, 0.717) is 6.54 Å². The van der Waals surface area contributed by atoms with Crippen LogP contribution in [0.2, 0.25) is 0 Å². The lowest BCUT2D eigenvalue weighted by Crippen LogP contribution is -2.24. The molecule has 4 rings (SSSR count). The summed E-state index contributed by atoms with van der Waals surface area (Å²) < 4.78 is 1.88. The van der Waals surface area contributed by atoms with Crippen molar-refractivity contribution in [1.82, 2.24) is 25.1 Å². The van der Waals surface area contributed by atoms with E-state index in [0.717, 1.165) is 28.5 Å². The second-order valence-electron chi connectivity index (χ2n) is 6.33. The van der Waals surface area contributed by atoms with Gasteiger partial charge in [0.25, 0.3) is 0 Å². The van der Waals surface area contributed by atoms with Crippen LogP contribution in [0, 0.1) is 0 Å². The second-order valence-corrected chi connectivity index (χ2v) is 7.19. The van der Waals surface area contributed by atoms with Gasteiger partial charge in [-0.1, -0.05) is 30.3 Å². The molecular weight excluding hydrogens is 370 g/mol.